The Morgan fingerprint density at radius 3 is 2.84 bits per heavy atom. The topological polar surface area (TPSA) is 41.6 Å². The van der Waals surface area contributed by atoms with Gasteiger partial charge in [0.05, 0.1) is 12.2 Å². The number of hydrogen-bond donors (Lipinski definition) is 1. The van der Waals surface area contributed by atoms with Crippen molar-refractivity contribution in [2.24, 2.45) is 5.92 Å². The maximum atomic E-state index is 12.8. The van der Waals surface area contributed by atoms with Gasteiger partial charge in [0, 0.05) is 26.1 Å². The first kappa shape index (κ1) is 19.7. The highest BCUT2D eigenvalue weighted by molar-refractivity contribution is 5.78. The summed E-state index contributed by atoms with van der Waals surface area (Å²) in [7, 11) is 1.59. The van der Waals surface area contributed by atoms with Crippen molar-refractivity contribution in [1.82, 2.24) is 10.2 Å². The Morgan fingerprint density at radius 2 is 2.12 bits per heavy atom. The molecule has 1 atom stereocenters. The lowest BCUT2D eigenvalue weighted by atomic mass is 10.00. The molecule has 1 heterocycles. The van der Waals surface area contributed by atoms with E-state index in [1.165, 1.54) is 12.1 Å². The first-order valence-corrected chi connectivity index (χ1v) is 8.55. The molecule has 1 saturated heterocycles. The van der Waals surface area contributed by atoms with Gasteiger partial charge in [-0.05, 0) is 44.0 Å². The van der Waals surface area contributed by atoms with Crippen LogP contribution in [-0.4, -0.2) is 44.2 Å². The molecule has 1 unspecified atom stereocenters. The van der Waals surface area contributed by atoms with E-state index in [0.717, 1.165) is 31.9 Å². The molecule has 1 aliphatic rings. The number of carbonyl (C=O) groups excluding carboxylic acids is 1. The molecule has 1 aromatic rings. The summed E-state index contributed by atoms with van der Waals surface area (Å²) >= 11 is 0. The number of rotatable bonds is 6. The standard InChI is InChI=1S/C18H25F3N2O2/c1-25-11-8-22-17(24)15-5-3-9-23(10-7-15)13-14-4-2-6-16(12-14)18(19,20)21/h2,4,6,12,15H,3,5,7-11,13H2,1H3,(H,22,24). The van der Waals surface area contributed by atoms with Crippen LogP contribution in [0.1, 0.15) is 30.4 Å². The van der Waals surface area contributed by atoms with Crippen LogP contribution in [0.3, 0.4) is 0 Å². The number of methoxy groups -OCH3 is 1. The van der Waals surface area contributed by atoms with Crippen LogP contribution in [0.25, 0.3) is 0 Å². The lowest BCUT2D eigenvalue weighted by Gasteiger charge is -2.21. The lowest BCUT2D eigenvalue weighted by Crippen LogP contribution is -2.33. The number of nitrogens with one attached hydrogen (secondary N) is 1. The zero-order valence-electron chi connectivity index (χ0n) is 14.4. The van der Waals surface area contributed by atoms with Crippen molar-refractivity contribution < 1.29 is 22.7 Å². The maximum Gasteiger partial charge on any atom is 0.416 e. The number of ether oxygens (including phenoxy) is 1. The van der Waals surface area contributed by atoms with Crippen molar-refractivity contribution in [3.05, 3.63) is 35.4 Å². The molecule has 0 radical (unpaired) electrons. The van der Waals surface area contributed by atoms with Crippen LogP contribution in [0.4, 0.5) is 13.2 Å². The molecule has 0 aromatic heterocycles. The number of likely N-dealkylation sites (tertiary alicyclic amines) is 1. The number of benzene rings is 1. The summed E-state index contributed by atoms with van der Waals surface area (Å²) in [5.41, 5.74) is 0.0352. The van der Waals surface area contributed by atoms with Crippen LogP contribution in [0.15, 0.2) is 24.3 Å². The fourth-order valence-electron chi connectivity index (χ4n) is 3.10. The van der Waals surface area contributed by atoms with Crippen molar-refractivity contribution in [3.63, 3.8) is 0 Å². The highest BCUT2D eigenvalue weighted by Gasteiger charge is 2.30. The highest BCUT2D eigenvalue weighted by Crippen LogP contribution is 2.30. The van der Waals surface area contributed by atoms with E-state index < -0.39 is 11.7 Å². The fraction of sp³-hybridized carbons (Fsp3) is 0.611. The van der Waals surface area contributed by atoms with Crippen LogP contribution < -0.4 is 5.32 Å². The van der Waals surface area contributed by atoms with Crippen LogP contribution in [0.2, 0.25) is 0 Å². The molecule has 140 valence electrons. The van der Waals surface area contributed by atoms with Gasteiger partial charge in [0.15, 0.2) is 0 Å². The van der Waals surface area contributed by atoms with Crippen molar-refractivity contribution >= 4 is 5.91 Å². The van der Waals surface area contributed by atoms with E-state index >= 15 is 0 Å². The predicted molar refractivity (Wildman–Crippen MR) is 88.9 cm³/mol. The summed E-state index contributed by atoms with van der Waals surface area (Å²) < 4.78 is 43.4. The summed E-state index contributed by atoms with van der Waals surface area (Å²) in [5, 5.41) is 2.86. The molecule has 7 heteroatoms. The Bertz CT molecular complexity index is 563. The minimum Gasteiger partial charge on any atom is -0.383 e. The molecule has 1 aliphatic heterocycles. The summed E-state index contributed by atoms with van der Waals surface area (Å²) in [4.78, 5) is 14.3. The zero-order chi connectivity index (χ0) is 18.3. The van der Waals surface area contributed by atoms with Gasteiger partial charge in [-0.1, -0.05) is 18.2 Å². The van der Waals surface area contributed by atoms with E-state index in [0.29, 0.717) is 31.8 Å². The van der Waals surface area contributed by atoms with E-state index in [2.05, 4.69) is 10.2 Å². The first-order valence-electron chi connectivity index (χ1n) is 8.55. The third-order valence-electron chi connectivity index (χ3n) is 4.46. The molecular formula is C18H25F3N2O2. The normalized spacial score (nSPS) is 19.4. The lowest BCUT2D eigenvalue weighted by molar-refractivity contribution is -0.137. The van der Waals surface area contributed by atoms with E-state index in [-0.39, 0.29) is 11.8 Å². The van der Waals surface area contributed by atoms with Gasteiger partial charge in [-0.2, -0.15) is 13.2 Å². The third-order valence-corrected chi connectivity index (χ3v) is 4.46. The average molecular weight is 358 g/mol. The van der Waals surface area contributed by atoms with Crippen molar-refractivity contribution in [2.45, 2.75) is 32.0 Å². The fourth-order valence-corrected chi connectivity index (χ4v) is 3.10. The van der Waals surface area contributed by atoms with Crippen LogP contribution in [0, 0.1) is 5.92 Å². The Hall–Kier alpha value is -1.60. The molecule has 0 spiro atoms. The average Bonchev–Trinajstić information content (AvgIpc) is 2.80. The van der Waals surface area contributed by atoms with E-state index in [1.807, 2.05) is 0 Å². The van der Waals surface area contributed by atoms with Gasteiger partial charge in [0.1, 0.15) is 0 Å². The Labute approximate surface area is 146 Å². The summed E-state index contributed by atoms with van der Waals surface area (Å²) in [6, 6.07) is 5.46. The molecule has 0 saturated carbocycles. The molecule has 0 aliphatic carbocycles. The summed E-state index contributed by atoms with van der Waals surface area (Å²) in [5.74, 6) is 0.00124. The van der Waals surface area contributed by atoms with Gasteiger partial charge in [0.25, 0.3) is 0 Å². The minimum absolute atomic E-state index is 0.0386. The Morgan fingerprint density at radius 1 is 1.32 bits per heavy atom. The van der Waals surface area contributed by atoms with Gasteiger partial charge in [-0.15, -0.1) is 0 Å². The first-order chi connectivity index (χ1) is 11.9. The molecule has 4 nitrogen and oxygen atoms in total. The second-order valence-electron chi connectivity index (χ2n) is 6.39. The summed E-state index contributed by atoms with van der Waals surface area (Å²) in [6.45, 7) is 2.96. The molecule has 1 fully saturated rings. The predicted octanol–water partition coefficient (Wildman–Crippen LogP) is 3.07. The monoisotopic (exact) mass is 358 g/mol. The van der Waals surface area contributed by atoms with E-state index in [4.69, 9.17) is 4.74 Å². The minimum atomic E-state index is -4.32. The van der Waals surface area contributed by atoms with Crippen LogP contribution in [-0.2, 0) is 22.3 Å². The molecular weight excluding hydrogens is 333 g/mol. The highest BCUT2D eigenvalue weighted by atomic mass is 19.4. The summed E-state index contributed by atoms with van der Waals surface area (Å²) in [6.07, 6.45) is -1.93. The molecule has 25 heavy (non-hydrogen) atoms. The third kappa shape index (κ3) is 6.32. The molecule has 1 N–H and O–H groups in total. The Kier molecular flexibility index (Phi) is 7.25. The second kappa shape index (κ2) is 9.20. The van der Waals surface area contributed by atoms with Gasteiger partial charge in [0.2, 0.25) is 5.91 Å². The largest absolute Gasteiger partial charge is 0.416 e. The zero-order valence-corrected chi connectivity index (χ0v) is 14.4. The smallest absolute Gasteiger partial charge is 0.383 e. The quantitative estimate of drug-likeness (QED) is 0.795. The van der Waals surface area contributed by atoms with Gasteiger partial charge in [-0.25, -0.2) is 0 Å². The van der Waals surface area contributed by atoms with Crippen molar-refractivity contribution in [3.8, 4) is 0 Å². The van der Waals surface area contributed by atoms with Crippen LogP contribution >= 0.6 is 0 Å². The maximum absolute atomic E-state index is 12.8. The number of nitrogens with zero attached hydrogens (tertiary/aromatic N) is 1. The molecule has 1 aromatic carbocycles. The molecule has 0 bridgehead atoms. The number of amides is 1. The van der Waals surface area contributed by atoms with Crippen molar-refractivity contribution in [1.29, 1.82) is 0 Å². The van der Waals surface area contributed by atoms with Crippen molar-refractivity contribution in [2.75, 3.05) is 33.4 Å². The van der Waals surface area contributed by atoms with E-state index in [1.54, 1.807) is 13.2 Å². The SMILES string of the molecule is COCCNC(=O)C1CCCN(Cc2cccc(C(F)(F)F)c2)CC1. The number of carbonyl (C=O) groups is 1. The second-order valence-corrected chi connectivity index (χ2v) is 6.39. The van der Waals surface area contributed by atoms with Gasteiger partial charge < -0.3 is 10.1 Å². The number of hydrogen-bond acceptors (Lipinski definition) is 3. The number of halogens is 3. The Balaban J connectivity index is 1.88. The van der Waals surface area contributed by atoms with Gasteiger partial charge >= 0.3 is 6.18 Å². The van der Waals surface area contributed by atoms with Crippen LogP contribution in [0.5, 0.6) is 0 Å². The number of alkyl halides is 3. The molecule has 1 amide bonds. The van der Waals surface area contributed by atoms with Gasteiger partial charge in [-0.3, -0.25) is 9.69 Å². The van der Waals surface area contributed by atoms with E-state index in [9.17, 15) is 18.0 Å². The molecule has 2 rings (SSSR count).